The molecule has 1 N–H and O–H groups in total. The molecule has 0 atom stereocenters. The number of hydrogen-bond donors (Lipinski definition) is 1. The number of benzene rings is 2. The lowest BCUT2D eigenvalue weighted by atomic mass is 10.0. The number of hydrogen-bond acceptors (Lipinski definition) is 4. The number of nitrogens with zero attached hydrogens (tertiary/aromatic N) is 5. The first-order valence-corrected chi connectivity index (χ1v) is 13.1. The molecular formula is C29H23F5N6O2. The van der Waals surface area contributed by atoms with E-state index in [2.05, 4.69) is 15.1 Å². The van der Waals surface area contributed by atoms with E-state index < -0.39 is 35.0 Å². The molecule has 3 aromatic heterocycles. The number of pyridine rings is 1. The lowest BCUT2D eigenvalue weighted by molar-refractivity contribution is 0.0176. The zero-order valence-electron chi connectivity index (χ0n) is 22.1. The first-order valence-electron chi connectivity index (χ1n) is 13.1. The molecular weight excluding hydrogens is 559 g/mol. The summed E-state index contributed by atoms with van der Waals surface area (Å²) in [6.45, 7) is 1.32. The van der Waals surface area contributed by atoms with Crippen LogP contribution in [-0.2, 0) is 5.92 Å². The Hall–Kier alpha value is -4.81. The number of aromatic amines is 1. The number of fused-ring (bicyclic) bond motifs is 1. The van der Waals surface area contributed by atoms with E-state index in [0.29, 0.717) is 35.1 Å². The maximum absolute atomic E-state index is 14.1. The summed E-state index contributed by atoms with van der Waals surface area (Å²) in [5, 5.41) is 4.32. The lowest BCUT2D eigenvalue weighted by Gasteiger charge is -2.32. The number of rotatable bonds is 5. The number of piperidine rings is 1. The highest BCUT2D eigenvalue weighted by Gasteiger charge is 2.30. The van der Waals surface area contributed by atoms with Gasteiger partial charge in [-0.25, -0.2) is 31.4 Å². The second kappa shape index (κ2) is 10.2. The monoisotopic (exact) mass is 582 g/mol. The number of likely N-dealkylation sites (tertiary alicyclic amines) is 1. The van der Waals surface area contributed by atoms with E-state index in [1.54, 1.807) is 17.0 Å². The molecule has 1 saturated heterocycles. The van der Waals surface area contributed by atoms with Crippen LogP contribution in [0.15, 0.2) is 65.7 Å². The molecule has 4 heterocycles. The van der Waals surface area contributed by atoms with Crippen molar-refractivity contribution in [3.05, 3.63) is 100 Å². The van der Waals surface area contributed by atoms with E-state index in [4.69, 9.17) is 0 Å². The van der Waals surface area contributed by atoms with Crippen molar-refractivity contribution in [1.82, 2.24) is 29.2 Å². The van der Waals surface area contributed by atoms with Gasteiger partial charge in [0.2, 0.25) is 0 Å². The number of nitrogens with one attached hydrogen (secondary N) is 1. The molecule has 0 spiro atoms. The summed E-state index contributed by atoms with van der Waals surface area (Å²) in [6.07, 6.45) is 3.84. The molecule has 0 unspecified atom stereocenters. The van der Waals surface area contributed by atoms with Crippen LogP contribution in [0.1, 0.15) is 41.9 Å². The van der Waals surface area contributed by atoms with Gasteiger partial charge in [0.25, 0.3) is 11.8 Å². The van der Waals surface area contributed by atoms with Gasteiger partial charge in [0.05, 0.1) is 22.4 Å². The van der Waals surface area contributed by atoms with Gasteiger partial charge in [-0.3, -0.25) is 14.3 Å². The van der Waals surface area contributed by atoms with Crippen molar-refractivity contribution in [2.45, 2.75) is 31.7 Å². The summed E-state index contributed by atoms with van der Waals surface area (Å²) < 4.78 is 72.0. The number of carbonyl (C=O) groups is 1. The third-order valence-corrected chi connectivity index (χ3v) is 7.46. The normalized spacial score (nSPS) is 14.6. The molecule has 5 aromatic rings. The molecule has 1 aliphatic rings. The van der Waals surface area contributed by atoms with Gasteiger partial charge in [0, 0.05) is 61.7 Å². The summed E-state index contributed by atoms with van der Waals surface area (Å²) in [5.74, 6) is -7.91. The minimum atomic E-state index is -3.05. The van der Waals surface area contributed by atoms with Crippen molar-refractivity contribution < 1.29 is 26.7 Å². The van der Waals surface area contributed by atoms with Crippen LogP contribution < -0.4 is 5.69 Å². The lowest BCUT2D eigenvalue weighted by Crippen LogP contribution is -2.40. The maximum Gasteiger partial charge on any atom is 0.326 e. The zero-order valence-corrected chi connectivity index (χ0v) is 22.1. The van der Waals surface area contributed by atoms with Gasteiger partial charge < -0.3 is 9.88 Å². The minimum Gasteiger partial charge on any atom is -0.337 e. The molecule has 1 aliphatic heterocycles. The van der Waals surface area contributed by atoms with Gasteiger partial charge >= 0.3 is 5.69 Å². The molecule has 42 heavy (non-hydrogen) atoms. The van der Waals surface area contributed by atoms with E-state index in [9.17, 15) is 31.5 Å². The van der Waals surface area contributed by atoms with Gasteiger partial charge in [0.1, 0.15) is 0 Å². The molecule has 6 rings (SSSR count). The van der Waals surface area contributed by atoms with E-state index in [1.165, 1.54) is 45.9 Å². The van der Waals surface area contributed by atoms with Crippen LogP contribution in [0.25, 0.3) is 28.0 Å². The second-order valence-corrected chi connectivity index (χ2v) is 10.2. The van der Waals surface area contributed by atoms with Gasteiger partial charge in [-0.1, -0.05) is 6.07 Å². The van der Waals surface area contributed by atoms with Crippen LogP contribution in [0.5, 0.6) is 0 Å². The molecule has 2 aromatic carbocycles. The maximum atomic E-state index is 14.1. The van der Waals surface area contributed by atoms with Gasteiger partial charge in [-0.05, 0) is 43.2 Å². The van der Waals surface area contributed by atoms with Crippen LogP contribution in [0.4, 0.5) is 22.0 Å². The molecule has 0 aliphatic carbocycles. The molecule has 0 saturated carbocycles. The number of H-pyrrole nitrogens is 1. The largest absolute Gasteiger partial charge is 0.337 e. The third-order valence-electron chi connectivity index (χ3n) is 7.46. The third kappa shape index (κ3) is 4.84. The van der Waals surface area contributed by atoms with Crippen LogP contribution in [-0.4, -0.2) is 48.2 Å². The Labute approximate surface area is 235 Å². The molecule has 8 nitrogen and oxygen atoms in total. The fraction of sp³-hybridized carbons (Fsp3) is 0.241. The Morgan fingerprint density at radius 1 is 0.976 bits per heavy atom. The Balaban J connectivity index is 1.27. The predicted molar refractivity (Wildman–Crippen MR) is 143 cm³/mol. The molecule has 13 heteroatoms. The highest BCUT2D eigenvalue weighted by Crippen LogP contribution is 2.32. The zero-order chi connectivity index (χ0) is 29.8. The Morgan fingerprint density at radius 3 is 2.29 bits per heavy atom. The van der Waals surface area contributed by atoms with Crippen molar-refractivity contribution in [1.29, 1.82) is 0 Å². The summed E-state index contributed by atoms with van der Waals surface area (Å²) in [5.41, 5.74) is 0.955. The first-order chi connectivity index (χ1) is 20.0. The summed E-state index contributed by atoms with van der Waals surface area (Å²) >= 11 is 0. The fourth-order valence-electron chi connectivity index (χ4n) is 5.33. The molecule has 1 amide bonds. The number of amides is 1. The van der Waals surface area contributed by atoms with Crippen molar-refractivity contribution in [2.24, 2.45) is 0 Å². The molecule has 0 bridgehead atoms. The van der Waals surface area contributed by atoms with Crippen molar-refractivity contribution >= 4 is 16.9 Å². The van der Waals surface area contributed by atoms with Gasteiger partial charge in [-0.15, -0.1) is 0 Å². The second-order valence-electron chi connectivity index (χ2n) is 10.2. The Bertz CT molecular complexity index is 1840. The van der Waals surface area contributed by atoms with Crippen LogP contribution in [0.2, 0.25) is 0 Å². The standard InChI is InChI=1S/C29H23F5N6O2/c1-29(33,34)17-2-3-24-22(12-17)36-28(42)39(24)18-6-10-38(11-7-18)27(41)23-15-25(16-4-8-35-9-5-16)40(37-23)19-13-20(30)26(32)21(31)14-19/h2-5,8-9,12-15,18H,6-7,10-11H2,1H3,(H,36,42). The SMILES string of the molecule is CC(F)(F)c1ccc2c(c1)[nH]c(=O)n2C1CCN(C(=O)c2cc(-c3ccncc3)n(-c3cc(F)c(F)c(F)c3)n2)CC1. The summed E-state index contributed by atoms with van der Waals surface area (Å²) in [7, 11) is 0. The van der Waals surface area contributed by atoms with Crippen LogP contribution >= 0.6 is 0 Å². The number of halogens is 5. The number of imidazole rings is 1. The first kappa shape index (κ1) is 27.4. The van der Waals surface area contributed by atoms with Crippen molar-refractivity contribution in [3.63, 3.8) is 0 Å². The van der Waals surface area contributed by atoms with Crippen molar-refractivity contribution in [2.75, 3.05) is 13.1 Å². The molecule has 0 radical (unpaired) electrons. The number of carbonyl (C=O) groups excluding carboxylic acids is 1. The van der Waals surface area contributed by atoms with E-state index >= 15 is 0 Å². The number of alkyl halides is 2. The topological polar surface area (TPSA) is 88.8 Å². The number of aromatic nitrogens is 5. The quantitative estimate of drug-likeness (QED) is 0.216. The summed E-state index contributed by atoms with van der Waals surface area (Å²) in [6, 6.07) is 10.1. The summed E-state index contributed by atoms with van der Waals surface area (Å²) in [4.78, 5) is 34.4. The van der Waals surface area contributed by atoms with E-state index in [-0.39, 0.29) is 36.1 Å². The van der Waals surface area contributed by atoms with E-state index in [0.717, 1.165) is 19.1 Å². The van der Waals surface area contributed by atoms with Gasteiger partial charge in [0.15, 0.2) is 23.1 Å². The van der Waals surface area contributed by atoms with Crippen molar-refractivity contribution in [3.8, 4) is 16.9 Å². The average molecular weight is 583 g/mol. The fourth-order valence-corrected chi connectivity index (χ4v) is 5.33. The smallest absolute Gasteiger partial charge is 0.326 e. The molecule has 216 valence electrons. The van der Waals surface area contributed by atoms with Gasteiger partial charge in [-0.2, -0.15) is 5.10 Å². The van der Waals surface area contributed by atoms with Crippen LogP contribution in [0.3, 0.4) is 0 Å². The Kier molecular flexibility index (Phi) is 6.66. The average Bonchev–Trinajstić information content (AvgIpc) is 3.56. The molecule has 1 fully saturated rings. The minimum absolute atomic E-state index is 0.00249. The highest BCUT2D eigenvalue weighted by atomic mass is 19.3. The van der Waals surface area contributed by atoms with Crippen LogP contribution in [0, 0.1) is 17.5 Å². The highest BCUT2D eigenvalue weighted by molar-refractivity contribution is 5.93. The predicted octanol–water partition coefficient (Wildman–Crippen LogP) is 5.58. The Morgan fingerprint density at radius 2 is 1.64 bits per heavy atom. The van der Waals surface area contributed by atoms with E-state index in [1.807, 2.05) is 0 Å².